The minimum Gasteiger partial charge on any atom is -0.493 e. The third-order valence-corrected chi connectivity index (χ3v) is 4.24. The molecule has 1 rings (SSSR count). The molecule has 0 saturated carbocycles. The molecule has 6 heteroatoms. The van der Waals surface area contributed by atoms with Crippen molar-refractivity contribution in [1.29, 1.82) is 0 Å². The summed E-state index contributed by atoms with van der Waals surface area (Å²) in [6.45, 7) is 5.54. The number of hydrogen-bond donors (Lipinski definition) is 0. The van der Waals surface area contributed by atoms with Gasteiger partial charge >= 0.3 is 0 Å². The largest absolute Gasteiger partial charge is 0.493 e. The van der Waals surface area contributed by atoms with Gasteiger partial charge in [-0.2, -0.15) is 0 Å². The van der Waals surface area contributed by atoms with E-state index in [1.807, 2.05) is 27.9 Å². The van der Waals surface area contributed by atoms with E-state index < -0.39 is 9.05 Å². The fourth-order valence-corrected chi connectivity index (χ4v) is 2.61. The Balaban J connectivity index is 2.86. The molecular weight excluding hydrogens is 298 g/mol. The second-order valence-corrected chi connectivity index (χ2v) is 7.86. The first kappa shape index (κ1) is 17.3. The van der Waals surface area contributed by atoms with E-state index in [2.05, 4.69) is 4.90 Å². The molecule has 0 amide bonds. The smallest absolute Gasteiger partial charge is 0.261 e. The second kappa shape index (κ2) is 7.29. The minimum absolute atomic E-state index is 0.114. The zero-order valence-electron chi connectivity index (χ0n) is 12.4. The molecule has 0 aromatic heterocycles. The fourth-order valence-electron chi connectivity index (χ4n) is 1.82. The summed E-state index contributed by atoms with van der Waals surface area (Å²) in [5.74, 6) is 0.889. The molecule has 0 unspecified atom stereocenters. The van der Waals surface area contributed by atoms with Gasteiger partial charge in [-0.3, -0.25) is 0 Å². The van der Waals surface area contributed by atoms with Crippen molar-refractivity contribution < 1.29 is 13.2 Å². The van der Waals surface area contributed by atoms with Crippen LogP contribution in [0.1, 0.15) is 31.7 Å². The van der Waals surface area contributed by atoms with Gasteiger partial charge in [0.05, 0.1) is 11.5 Å². The maximum atomic E-state index is 11.4. The monoisotopic (exact) mass is 319 g/mol. The van der Waals surface area contributed by atoms with Crippen molar-refractivity contribution in [3.8, 4) is 5.75 Å². The molecule has 1 aromatic carbocycles. The average molecular weight is 320 g/mol. The number of benzene rings is 1. The summed E-state index contributed by atoms with van der Waals surface area (Å²) in [5, 5.41) is 0. The van der Waals surface area contributed by atoms with Crippen LogP contribution < -0.4 is 4.74 Å². The van der Waals surface area contributed by atoms with Crippen molar-refractivity contribution in [2.24, 2.45) is 0 Å². The molecule has 0 spiro atoms. The van der Waals surface area contributed by atoms with Gasteiger partial charge in [0.15, 0.2) is 0 Å². The summed E-state index contributed by atoms with van der Waals surface area (Å²) in [4.78, 5) is 2.21. The molecule has 20 heavy (non-hydrogen) atoms. The summed E-state index contributed by atoms with van der Waals surface area (Å²) in [6, 6.07) is 4.75. The Morgan fingerprint density at radius 1 is 1.30 bits per heavy atom. The zero-order valence-corrected chi connectivity index (χ0v) is 14.0. The van der Waals surface area contributed by atoms with Crippen LogP contribution in [0.3, 0.4) is 0 Å². The number of rotatable bonds is 7. The molecule has 114 valence electrons. The van der Waals surface area contributed by atoms with Crippen molar-refractivity contribution in [3.63, 3.8) is 0 Å². The Labute approximate surface area is 126 Å². The fraction of sp³-hybridized carbons (Fsp3) is 0.571. The lowest BCUT2D eigenvalue weighted by molar-refractivity contribution is 0.278. The van der Waals surface area contributed by atoms with Gasteiger partial charge in [0.25, 0.3) is 9.05 Å². The molecule has 0 radical (unpaired) electrons. The highest BCUT2D eigenvalue weighted by molar-refractivity contribution is 8.13. The van der Waals surface area contributed by atoms with Crippen molar-refractivity contribution in [2.45, 2.75) is 31.1 Å². The van der Waals surface area contributed by atoms with Crippen LogP contribution in [0.25, 0.3) is 0 Å². The van der Waals surface area contributed by atoms with Gasteiger partial charge < -0.3 is 9.64 Å². The molecule has 0 N–H and O–H groups in total. The molecule has 0 aliphatic carbocycles. The Kier molecular flexibility index (Phi) is 6.30. The van der Waals surface area contributed by atoms with Crippen LogP contribution in [0.4, 0.5) is 0 Å². The van der Waals surface area contributed by atoms with Gasteiger partial charge in [-0.1, -0.05) is 13.8 Å². The zero-order chi connectivity index (χ0) is 15.3. The molecule has 0 saturated heterocycles. The second-order valence-electron chi connectivity index (χ2n) is 5.30. The molecule has 0 atom stereocenters. The molecule has 1 aromatic rings. The maximum Gasteiger partial charge on any atom is 0.261 e. The van der Waals surface area contributed by atoms with Crippen LogP contribution in [-0.4, -0.2) is 40.6 Å². The van der Waals surface area contributed by atoms with E-state index in [0.29, 0.717) is 6.61 Å². The standard InChI is InChI=1S/C14H22ClNO3S/c1-11(2)13-10-12(20(15,17)18)6-7-14(13)19-9-5-8-16(3)4/h6-7,10-11H,5,8-9H2,1-4H3. The van der Waals surface area contributed by atoms with E-state index >= 15 is 0 Å². The van der Waals surface area contributed by atoms with E-state index in [1.165, 1.54) is 6.07 Å². The van der Waals surface area contributed by atoms with E-state index in [9.17, 15) is 8.42 Å². The highest BCUT2D eigenvalue weighted by Crippen LogP contribution is 2.30. The summed E-state index contributed by atoms with van der Waals surface area (Å²) < 4.78 is 28.5. The molecule has 4 nitrogen and oxygen atoms in total. The van der Waals surface area contributed by atoms with Crippen LogP contribution in [0.15, 0.2) is 23.1 Å². The number of halogens is 1. The van der Waals surface area contributed by atoms with Crippen molar-refractivity contribution in [1.82, 2.24) is 4.90 Å². The lowest BCUT2D eigenvalue weighted by atomic mass is 10.0. The Bertz CT molecular complexity index is 541. The highest BCUT2D eigenvalue weighted by Gasteiger charge is 2.15. The van der Waals surface area contributed by atoms with Crippen molar-refractivity contribution in [3.05, 3.63) is 23.8 Å². The summed E-state index contributed by atoms with van der Waals surface area (Å²) in [7, 11) is 5.70. The van der Waals surface area contributed by atoms with Gasteiger partial charge in [0.1, 0.15) is 5.75 Å². The first-order chi connectivity index (χ1) is 9.21. The maximum absolute atomic E-state index is 11.4. The van der Waals surface area contributed by atoms with Crippen LogP contribution in [0.2, 0.25) is 0 Å². The van der Waals surface area contributed by atoms with Crippen LogP contribution in [0.5, 0.6) is 5.75 Å². The Morgan fingerprint density at radius 3 is 2.45 bits per heavy atom. The summed E-state index contributed by atoms with van der Waals surface area (Å²) in [6.07, 6.45) is 0.917. The third-order valence-electron chi connectivity index (χ3n) is 2.89. The molecule has 0 aliphatic heterocycles. The van der Waals surface area contributed by atoms with Crippen molar-refractivity contribution in [2.75, 3.05) is 27.2 Å². The molecular formula is C14H22ClNO3S. The molecule has 0 heterocycles. The number of nitrogens with zero attached hydrogens (tertiary/aromatic N) is 1. The first-order valence-corrected chi connectivity index (χ1v) is 8.89. The summed E-state index contributed by atoms with van der Waals surface area (Å²) in [5.41, 5.74) is 0.858. The lowest BCUT2D eigenvalue weighted by Gasteiger charge is -2.16. The van der Waals surface area contributed by atoms with Gasteiger partial charge in [-0.25, -0.2) is 8.42 Å². The molecule has 0 bridgehead atoms. The predicted octanol–water partition coefficient (Wildman–Crippen LogP) is 3.07. The van der Waals surface area contributed by atoms with Gasteiger partial charge in [-0.15, -0.1) is 0 Å². The van der Waals surface area contributed by atoms with Crippen molar-refractivity contribution >= 4 is 19.7 Å². The number of hydrogen-bond acceptors (Lipinski definition) is 4. The first-order valence-electron chi connectivity index (χ1n) is 6.58. The van der Waals surface area contributed by atoms with Gasteiger partial charge in [0, 0.05) is 17.2 Å². The number of ether oxygens (including phenoxy) is 1. The minimum atomic E-state index is -3.70. The lowest BCUT2D eigenvalue weighted by Crippen LogP contribution is -2.15. The van der Waals surface area contributed by atoms with Gasteiger partial charge in [0.2, 0.25) is 0 Å². The third kappa shape index (κ3) is 5.31. The van der Waals surface area contributed by atoms with Crippen LogP contribution >= 0.6 is 10.7 Å². The highest BCUT2D eigenvalue weighted by atomic mass is 35.7. The summed E-state index contributed by atoms with van der Waals surface area (Å²) >= 11 is 0. The molecule has 0 fully saturated rings. The molecule has 0 aliphatic rings. The van der Waals surface area contributed by atoms with E-state index in [-0.39, 0.29) is 10.8 Å². The van der Waals surface area contributed by atoms with Crippen LogP contribution in [0, 0.1) is 0 Å². The van der Waals surface area contributed by atoms with Crippen LogP contribution in [-0.2, 0) is 9.05 Å². The van der Waals surface area contributed by atoms with E-state index in [0.717, 1.165) is 24.3 Å². The predicted molar refractivity (Wildman–Crippen MR) is 82.2 cm³/mol. The van der Waals surface area contributed by atoms with E-state index in [4.69, 9.17) is 15.4 Å². The quantitative estimate of drug-likeness (QED) is 0.572. The topological polar surface area (TPSA) is 46.6 Å². The normalized spacial score (nSPS) is 12.2. The SMILES string of the molecule is CC(C)c1cc(S(=O)(=O)Cl)ccc1OCCCN(C)C. The Hall–Kier alpha value is -0.780. The average Bonchev–Trinajstić information content (AvgIpc) is 2.33. The van der Waals surface area contributed by atoms with Gasteiger partial charge in [-0.05, 0) is 50.2 Å². The van der Waals surface area contributed by atoms with E-state index in [1.54, 1.807) is 12.1 Å². The Morgan fingerprint density at radius 2 is 1.95 bits per heavy atom.